The third-order valence-corrected chi connectivity index (χ3v) is 3.67. The highest BCUT2D eigenvalue weighted by Crippen LogP contribution is 2.32. The molecule has 0 unspecified atom stereocenters. The van der Waals surface area contributed by atoms with E-state index in [9.17, 15) is 0 Å². The van der Waals surface area contributed by atoms with E-state index >= 15 is 0 Å². The van der Waals surface area contributed by atoms with Gasteiger partial charge in [0, 0.05) is 12.6 Å². The number of carboxylic acids is 2. The van der Waals surface area contributed by atoms with Crippen LogP contribution in [0.25, 0.3) is 6.08 Å². The summed E-state index contributed by atoms with van der Waals surface area (Å²) >= 11 is 0. The number of fused-ring (bicyclic) bond motifs is 3. The van der Waals surface area contributed by atoms with Crippen molar-refractivity contribution in [1.29, 1.82) is 0 Å². The van der Waals surface area contributed by atoms with Gasteiger partial charge in [-0.25, -0.2) is 9.59 Å². The van der Waals surface area contributed by atoms with Crippen molar-refractivity contribution in [2.24, 2.45) is 5.92 Å². The number of carbonyl (C=O) groups is 2. The highest BCUT2D eigenvalue weighted by Gasteiger charge is 2.29. The van der Waals surface area contributed by atoms with Crippen LogP contribution in [0.2, 0.25) is 0 Å². The number of rotatable bonds is 1. The standard InChI is InChI=1S/C12H16N2O.C2H2O4/c1-9-6-12(15-13-9)7-11-8-14-4-2-10(11)3-5-14;3-1(4)2(5)6/h6-7,10H,2-5,8H2,1H3;(H,3,4)(H,5,6). The fraction of sp³-hybridized carbons (Fsp3) is 0.500. The number of piperidine rings is 3. The summed E-state index contributed by atoms with van der Waals surface area (Å²) in [5.74, 6) is -1.94. The molecule has 3 aliphatic heterocycles. The molecule has 1 aromatic heterocycles. The minimum absolute atomic E-state index is 0.792. The van der Waals surface area contributed by atoms with E-state index in [2.05, 4.69) is 16.1 Å². The molecule has 7 nitrogen and oxygen atoms in total. The van der Waals surface area contributed by atoms with E-state index in [-0.39, 0.29) is 0 Å². The van der Waals surface area contributed by atoms with Gasteiger partial charge in [0.15, 0.2) is 5.76 Å². The third-order valence-electron chi connectivity index (χ3n) is 3.67. The third kappa shape index (κ3) is 4.16. The minimum atomic E-state index is -1.82. The van der Waals surface area contributed by atoms with Gasteiger partial charge in [0.05, 0.1) is 5.69 Å². The van der Waals surface area contributed by atoms with Gasteiger partial charge >= 0.3 is 11.9 Å². The molecule has 0 saturated carbocycles. The van der Waals surface area contributed by atoms with Crippen LogP contribution in [0.15, 0.2) is 16.2 Å². The zero-order valence-electron chi connectivity index (χ0n) is 11.8. The fourth-order valence-corrected chi connectivity index (χ4v) is 2.65. The zero-order valence-corrected chi connectivity index (χ0v) is 11.8. The number of nitrogens with zero attached hydrogens (tertiary/aromatic N) is 2. The molecule has 0 aromatic carbocycles. The molecule has 1 aromatic rings. The fourth-order valence-electron chi connectivity index (χ4n) is 2.65. The Bertz CT molecular complexity index is 543. The molecule has 2 N–H and O–H groups in total. The Kier molecular flexibility index (Phi) is 4.74. The first-order valence-electron chi connectivity index (χ1n) is 6.78. The lowest BCUT2D eigenvalue weighted by Crippen LogP contribution is -2.42. The summed E-state index contributed by atoms with van der Waals surface area (Å²) in [7, 11) is 0. The predicted molar refractivity (Wildman–Crippen MR) is 73.7 cm³/mol. The van der Waals surface area contributed by atoms with Gasteiger partial charge in [0.25, 0.3) is 0 Å². The monoisotopic (exact) mass is 294 g/mol. The average molecular weight is 294 g/mol. The van der Waals surface area contributed by atoms with Gasteiger partial charge in [-0.15, -0.1) is 0 Å². The Hall–Kier alpha value is -2.15. The maximum atomic E-state index is 9.10. The summed E-state index contributed by atoms with van der Waals surface area (Å²) in [6, 6.07) is 2.00. The van der Waals surface area contributed by atoms with Gasteiger partial charge in [0.1, 0.15) is 0 Å². The van der Waals surface area contributed by atoms with Gasteiger partial charge in [-0.3, -0.25) is 4.90 Å². The Labute approximate surface area is 121 Å². The number of hydrogen-bond acceptors (Lipinski definition) is 5. The lowest BCUT2D eigenvalue weighted by atomic mass is 9.83. The summed E-state index contributed by atoms with van der Waals surface area (Å²) < 4.78 is 5.23. The molecule has 21 heavy (non-hydrogen) atoms. The van der Waals surface area contributed by atoms with E-state index in [0.717, 1.165) is 23.9 Å². The number of aryl methyl sites for hydroxylation is 1. The summed E-state index contributed by atoms with van der Waals surface area (Å²) in [5.41, 5.74) is 2.49. The van der Waals surface area contributed by atoms with Crippen molar-refractivity contribution in [3.8, 4) is 0 Å². The first kappa shape index (κ1) is 15.2. The molecule has 0 spiro atoms. The Morgan fingerprint density at radius 3 is 2.33 bits per heavy atom. The average Bonchev–Trinajstić information content (AvgIpc) is 2.86. The molecular formula is C14H18N2O5. The van der Waals surface area contributed by atoms with Crippen molar-refractivity contribution < 1.29 is 24.3 Å². The molecule has 0 atom stereocenters. The SMILES string of the molecule is Cc1cc(C=C2CN3CCC2CC3)on1.O=C(O)C(=O)O. The summed E-state index contributed by atoms with van der Waals surface area (Å²) in [4.78, 5) is 20.7. The maximum Gasteiger partial charge on any atom is 0.414 e. The van der Waals surface area contributed by atoms with E-state index in [0.29, 0.717) is 0 Å². The number of carboxylic acid groups (broad SMARTS) is 2. The van der Waals surface area contributed by atoms with Crippen LogP contribution in [0.3, 0.4) is 0 Å². The maximum absolute atomic E-state index is 9.10. The normalized spacial score (nSPS) is 25.3. The Balaban J connectivity index is 0.000000232. The van der Waals surface area contributed by atoms with Crippen molar-refractivity contribution >= 4 is 18.0 Å². The Morgan fingerprint density at radius 2 is 1.95 bits per heavy atom. The number of hydrogen-bond donors (Lipinski definition) is 2. The molecule has 2 bridgehead atoms. The lowest BCUT2D eigenvalue weighted by Gasteiger charge is -2.40. The van der Waals surface area contributed by atoms with Crippen LogP contribution in [0.5, 0.6) is 0 Å². The van der Waals surface area contributed by atoms with Gasteiger partial charge in [-0.2, -0.15) is 0 Å². The summed E-state index contributed by atoms with van der Waals surface area (Å²) in [5, 5.41) is 18.7. The molecule has 0 radical (unpaired) electrons. The summed E-state index contributed by atoms with van der Waals surface area (Å²) in [6.45, 7) is 5.64. The van der Waals surface area contributed by atoms with Crippen LogP contribution in [0.1, 0.15) is 24.3 Å². The van der Waals surface area contributed by atoms with Gasteiger partial charge in [-0.1, -0.05) is 5.16 Å². The van der Waals surface area contributed by atoms with Gasteiger partial charge < -0.3 is 14.7 Å². The highest BCUT2D eigenvalue weighted by molar-refractivity contribution is 6.27. The number of aromatic nitrogens is 1. The molecule has 114 valence electrons. The van der Waals surface area contributed by atoms with E-state index in [1.165, 1.54) is 31.5 Å². The molecular weight excluding hydrogens is 276 g/mol. The molecule has 0 aliphatic carbocycles. The van der Waals surface area contributed by atoms with Crippen molar-refractivity contribution in [3.63, 3.8) is 0 Å². The van der Waals surface area contributed by atoms with E-state index in [1.807, 2.05) is 13.0 Å². The Morgan fingerprint density at radius 1 is 1.33 bits per heavy atom. The second-order valence-corrected chi connectivity index (χ2v) is 5.25. The second kappa shape index (κ2) is 6.53. The van der Waals surface area contributed by atoms with Crippen LogP contribution >= 0.6 is 0 Å². The van der Waals surface area contributed by atoms with Crippen molar-refractivity contribution in [2.75, 3.05) is 19.6 Å². The topological polar surface area (TPSA) is 104 Å². The van der Waals surface area contributed by atoms with Gasteiger partial charge in [-0.05, 0) is 50.4 Å². The predicted octanol–water partition coefficient (Wildman–Crippen LogP) is 1.25. The second-order valence-electron chi connectivity index (χ2n) is 5.25. The summed E-state index contributed by atoms with van der Waals surface area (Å²) in [6.07, 6.45) is 4.83. The first-order chi connectivity index (χ1) is 9.95. The molecule has 3 aliphatic rings. The molecule has 0 amide bonds. The zero-order chi connectivity index (χ0) is 15.4. The quantitative estimate of drug-likeness (QED) is 0.751. The van der Waals surface area contributed by atoms with Crippen LogP contribution in [-0.2, 0) is 9.59 Å². The van der Waals surface area contributed by atoms with E-state index in [4.69, 9.17) is 24.3 Å². The number of aliphatic carboxylic acids is 2. The van der Waals surface area contributed by atoms with Crippen LogP contribution in [-0.4, -0.2) is 51.8 Å². The molecule has 4 heterocycles. The lowest BCUT2D eigenvalue weighted by molar-refractivity contribution is -0.159. The van der Waals surface area contributed by atoms with Crippen molar-refractivity contribution in [2.45, 2.75) is 19.8 Å². The van der Waals surface area contributed by atoms with Crippen LogP contribution < -0.4 is 0 Å². The molecule has 3 fully saturated rings. The minimum Gasteiger partial charge on any atom is -0.473 e. The first-order valence-corrected chi connectivity index (χ1v) is 6.78. The van der Waals surface area contributed by atoms with E-state index in [1.54, 1.807) is 0 Å². The van der Waals surface area contributed by atoms with Crippen LogP contribution in [0, 0.1) is 12.8 Å². The van der Waals surface area contributed by atoms with Crippen LogP contribution in [0.4, 0.5) is 0 Å². The largest absolute Gasteiger partial charge is 0.473 e. The molecule has 7 heteroatoms. The smallest absolute Gasteiger partial charge is 0.414 e. The molecule has 3 saturated heterocycles. The molecule has 4 rings (SSSR count). The van der Waals surface area contributed by atoms with Crippen molar-refractivity contribution in [1.82, 2.24) is 10.1 Å². The van der Waals surface area contributed by atoms with Crippen molar-refractivity contribution in [3.05, 3.63) is 23.1 Å². The highest BCUT2D eigenvalue weighted by atomic mass is 16.5. The van der Waals surface area contributed by atoms with Gasteiger partial charge in [0.2, 0.25) is 0 Å². The van der Waals surface area contributed by atoms with E-state index < -0.39 is 11.9 Å².